The van der Waals surface area contributed by atoms with Gasteiger partial charge in [-0.25, -0.2) is 9.59 Å². The van der Waals surface area contributed by atoms with Crippen molar-refractivity contribution in [3.63, 3.8) is 0 Å². The number of carbonyl (C=O) groups is 2. The SMILES string of the molecule is C=CC.COC(=O)c1ccccc1.O=C(O)O. The monoisotopic (exact) mass is 240 g/mol. The summed E-state index contributed by atoms with van der Waals surface area (Å²) < 4.78 is 4.50. The Labute approximate surface area is 100.0 Å². The first-order chi connectivity index (χ1) is 7.99. The number of benzene rings is 1. The second-order valence-electron chi connectivity index (χ2n) is 2.55. The third kappa shape index (κ3) is 13.7. The molecule has 17 heavy (non-hydrogen) atoms. The van der Waals surface area contributed by atoms with Crippen LogP contribution >= 0.6 is 0 Å². The lowest BCUT2D eigenvalue weighted by Crippen LogP contribution is -1.99. The average molecular weight is 240 g/mol. The van der Waals surface area contributed by atoms with Gasteiger partial charge in [0.05, 0.1) is 12.7 Å². The molecule has 5 heteroatoms. The minimum Gasteiger partial charge on any atom is -0.465 e. The van der Waals surface area contributed by atoms with E-state index >= 15 is 0 Å². The Balaban J connectivity index is 0. The largest absolute Gasteiger partial charge is 0.503 e. The van der Waals surface area contributed by atoms with Gasteiger partial charge in [0.1, 0.15) is 0 Å². The van der Waals surface area contributed by atoms with Crippen molar-refractivity contribution >= 4 is 12.1 Å². The van der Waals surface area contributed by atoms with Crippen LogP contribution in [0.4, 0.5) is 4.79 Å². The molecule has 0 bridgehead atoms. The van der Waals surface area contributed by atoms with E-state index in [0.29, 0.717) is 5.56 Å². The molecule has 1 rings (SSSR count). The molecule has 1 aromatic carbocycles. The third-order valence-corrected chi connectivity index (χ3v) is 1.19. The van der Waals surface area contributed by atoms with Gasteiger partial charge in [-0.1, -0.05) is 24.3 Å². The average Bonchev–Trinajstić information content (AvgIpc) is 2.29. The van der Waals surface area contributed by atoms with E-state index in [1.165, 1.54) is 7.11 Å². The number of allylic oxidation sites excluding steroid dienone is 1. The molecule has 2 N–H and O–H groups in total. The second kappa shape index (κ2) is 11.8. The van der Waals surface area contributed by atoms with Gasteiger partial charge in [0.2, 0.25) is 0 Å². The molecule has 0 atom stereocenters. The van der Waals surface area contributed by atoms with Gasteiger partial charge >= 0.3 is 12.1 Å². The zero-order valence-electron chi connectivity index (χ0n) is 9.79. The number of carboxylic acid groups (broad SMARTS) is 2. The topological polar surface area (TPSA) is 83.8 Å². The third-order valence-electron chi connectivity index (χ3n) is 1.19. The number of methoxy groups -OCH3 is 1. The molecule has 0 heterocycles. The fourth-order valence-corrected chi connectivity index (χ4v) is 0.692. The minimum absolute atomic E-state index is 0.291. The van der Waals surface area contributed by atoms with Gasteiger partial charge in [0, 0.05) is 0 Å². The minimum atomic E-state index is -1.83. The van der Waals surface area contributed by atoms with Gasteiger partial charge < -0.3 is 14.9 Å². The van der Waals surface area contributed by atoms with E-state index in [4.69, 9.17) is 15.0 Å². The molecule has 0 spiro atoms. The molecular formula is C12H16O5. The van der Waals surface area contributed by atoms with Crippen LogP contribution in [-0.4, -0.2) is 29.4 Å². The maximum Gasteiger partial charge on any atom is 0.503 e. The van der Waals surface area contributed by atoms with Crippen molar-refractivity contribution in [1.82, 2.24) is 0 Å². The summed E-state index contributed by atoms with van der Waals surface area (Å²) in [6, 6.07) is 8.88. The first-order valence-corrected chi connectivity index (χ1v) is 4.61. The summed E-state index contributed by atoms with van der Waals surface area (Å²) in [5, 5.41) is 13.9. The van der Waals surface area contributed by atoms with Crippen LogP contribution in [0.15, 0.2) is 43.0 Å². The van der Waals surface area contributed by atoms with Crippen LogP contribution in [0.3, 0.4) is 0 Å². The molecule has 0 aliphatic heterocycles. The zero-order chi connectivity index (χ0) is 13.7. The highest BCUT2D eigenvalue weighted by atomic mass is 16.6. The van der Waals surface area contributed by atoms with Crippen molar-refractivity contribution in [1.29, 1.82) is 0 Å². The molecule has 0 unspecified atom stereocenters. The Hall–Kier alpha value is -2.30. The summed E-state index contributed by atoms with van der Waals surface area (Å²) in [7, 11) is 1.37. The van der Waals surface area contributed by atoms with Crippen LogP contribution in [-0.2, 0) is 4.74 Å². The number of rotatable bonds is 1. The van der Waals surface area contributed by atoms with Crippen molar-refractivity contribution in [3.05, 3.63) is 48.6 Å². The molecule has 1 aromatic rings. The van der Waals surface area contributed by atoms with Gasteiger partial charge in [-0.2, -0.15) is 0 Å². The summed E-state index contributed by atoms with van der Waals surface area (Å²) in [5.74, 6) is -0.291. The Morgan fingerprint density at radius 1 is 1.24 bits per heavy atom. The van der Waals surface area contributed by atoms with E-state index < -0.39 is 6.16 Å². The highest BCUT2D eigenvalue weighted by molar-refractivity contribution is 5.89. The lowest BCUT2D eigenvalue weighted by molar-refractivity contribution is 0.0600. The molecular weight excluding hydrogens is 224 g/mol. The molecule has 0 saturated carbocycles. The summed E-state index contributed by atoms with van der Waals surface area (Å²) in [5.41, 5.74) is 0.588. The van der Waals surface area contributed by atoms with Gasteiger partial charge in [-0.15, -0.1) is 6.58 Å². The first kappa shape index (κ1) is 17.1. The quantitative estimate of drug-likeness (QED) is 0.582. The van der Waals surface area contributed by atoms with E-state index in [-0.39, 0.29) is 5.97 Å². The van der Waals surface area contributed by atoms with Gasteiger partial charge in [0.25, 0.3) is 0 Å². The highest BCUT2D eigenvalue weighted by Gasteiger charge is 2.00. The van der Waals surface area contributed by atoms with Crippen molar-refractivity contribution < 1.29 is 24.5 Å². The molecule has 0 radical (unpaired) electrons. The summed E-state index contributed by atoms with van der Waals surface area (Å²) in [6.07, 6.45) is -0.0833. The van der Waals surface area contributed by atoms with Crippen LogP contribution in [0.25, 0.3) is 0 Å². The molecule has 0 aliphatic rings. The van der Waals surface area contributed by atoms with Crippen LogP contribution in [0.1, 0.15) is 17.3 Å². The molecule has 0 saturated heterocycles. The predicted octanol–water partition coefficient (Wildman–Crippen LogP) is 2.89. The number of ether oxygens (including phenoxy) is 1. The van der Waals surface area contributed by atoms with E-state index in [1.807, 2.05) is 13.0 Å². The van der Waals surface area contributed by atoms with E-state index in [0.717, 1.165) is 0 Å². The second-order valence-corrected chi connectivity index (χ2v) is 2.55. The molecule has 0 aromatic heterocycles. The van der Waals surface area contributed by atoms with Crippen LogP contribution in [0.5, 0.6) is 0 Å². The van der Waals surface area contributed by atoms with E-state index in [1.54, 1.807) is 30.3 Å². The first-order valence-electron chi connectivity index (χ1n) is 4.61. The van der Waals surface area contributed by atoms with Crippen molar-refractivity contribution in [2.75, 3.05) is 7.11 Å². The lowest BCUT2D eigenvalue weighted by atomic mass is 10.2. The van der Waals surface area contributed by atoms with Crippen molar-refractivity contribution in [2.24, 2.45) is 0 Å². The maximum absolute atomic E-state index is 10.8. The van der Waals surface area contributed by atoms with Crippen LogP contribution < -0.4 is 0 Å². The molecule has 0 aliphatic carbocycles. The summed E-state index contributed by atoms with van der Waals surface area (Å²) >= 11 is 0. The summed E-state index contributed by atoms with van der Waals surface area (Å²) in [6.45, 7) is 5.25. The van der Waals surface area contributed by atoms with Crippen molar-refractivity contribution in [2.45, 2.75) is 6.92 Å². The normalized spacial score (nSPS) is 7.41. The maximum atomic E-state index is 10.8. The lowest BCUT2D eigenvalue weighted by Gasteiger charge is -1.95. The van der Waals surface area contributed by atoms with Crippen LogP contribution in [0.2, 0.25) is 0 Å². The Morgan fingerprint density at radius 3 is 1.88 bits per heavy atom. The zero-order valence-corrected chi connectivity index (χ0v) is 9.79. The van der Waals surface area contributed by atoms with Crippen molar-refractivity contribution in [3.8, 4) is 0 Å². The summed E-state index contributed by atoms with van der Waals surface area (Å²) in [4.78, 5) is 19.3. The Bertz CT molecular complexity index is 328. The van der Waals surface area contributed by atoms with E-state index in [9.17, 15) is 4.79 Å². The Kier molecular flexibility index (Phi) is 11.8. The number of carbonyl (C=O) groups excluding carboxylic acids is 1. The molecule has 5 nitrogen and oxygen atoms in total. The standard InChI is InChI=1S/C8H8O2.C3H6.CH2O3/c1-10-8(9)7-5-3-2-4-6-7;1-3-2;2-1(3)4/h2-6H,1H3;3H,1H2,2H3;(H2,2,3,4). The highest BCUT2D eigenvalue weighted by Crippen LogP contribution is 1.98. The van der Waals surface area contributed by atoms with E-state index in [2.05, 4.69) is 11.3 Å². The smallest absolute Gasteiger partial charge is 0.465 e. The Morgan fingerprint density at radius 2 is 1.59 bits per heavy atom. The fraction of sp³-hybridized carbons (Fsp3) is 0.167. The number of esters is 1. The predicted molar refractivity (Wildman–Crippen MR) is 64.3 cm³/mol. The number of hydrogen-bond donors (Lipinski definition) is 2. The molecule has 94 valence electrons. The number of hydrogen-bond acceptors (Lipinski definition) is 3. The molecule has 0 amide bonds. The van der Waals surface area contributed by atoms with Gasteiger partial charge in [-0.3, -0.25) is 0 Å². The van der Waals surface area contributed by atoms with Gasteiger partial charge in [-0.05, 0) is 19.1 Å². The van der Waals surface area contributed by atoms with Crippen LogP contribution in [0, 0.1) is 0 Å². The molecule has 0 fully saturated rings. The fourth-order valence-electron chi connectivity index (χ4n) is 0.692. The van der Waals surface area contributed by atoms with Gasteiger partial charge in [0.15, 0.2) is 0 Å².